The fraction of sp³-hybridized carbons (Fsp3) is 0. The Morgan fingerprint density at radius 3 is 2.00 bits per heavy atom. The first-order valence-corrected chi connectivity index (χ1v) is 8.07. The molecule has 0 aromatic heterocycles. The number of rotatable bonds is 2. The summed E-state index contributed by atoms with van der Waals surface area (Å²) in [5.74, 6) is 0. The summed E-state index contributed by atoms with van der Waals surface area (Å²) in [6, 6.07) is 8.11. The average molecular weight is 325 g/mol. The number of benzene rings is 2. The average Bonchev–Trinajstić information content (AvgIpc) is 2.25. The normalized spacial score (nSPS) is 12.2. The van der Waals surface area contributed by atoms with Crippen molar-refractivity contribution in [1.29, 1.82) is 0 Å². The molecule has 2 rings (SSSR count). The third kappa shape index (κ3) is 3.44. The van der Waals surface area contributed by atoms with Gasteiger partial charge in [0.15, 0.2) is 0 Å². The second kappa shape index (κ2) is 5.35. The van der Waals surface area contributed by atoms with Crippen molar-refractivity contribution in [3.8, 4) is 0 Å². The van der Waals surface area contributed by atoms with Crippen molar-refractivity contribution in [1.82, 2.24) is 0 Å². The molecule has 0 fully saturated rings. The maximum atomic E-state index is 11.3. The zero-order valence-electron chi connectivity index (χ0n) is 9.37. The predicted octanol–water partition coefficient (Wildman–Crippen LogP) is 0.868. The molecule has 0 saturated heterocycles. The second-order valence-electron chi connectivity index (χ2n) is 3.77. The summed E-state index contributed by atoms with van der Waals surface area (Å²) >= 11 is 0. The van der Waals surface area contributed by atoms with Crippen LogP contribution in [-0.4, -0.2) is 19.6 Å². The van der Waals surface area contributed by atoms with Crippen molar-refractivity contribution in [2.45, 2.75) is 0 Å². The highest BCUT2D eigenvalue weighted by molar-refractivity contribution is 7.61. The highest BCUT2D eigenvalue weighted by Gasteiger charge is 2.23. The lowest BCUT2D eigenvalue weighted by atomic mass is 10.1. The Balaban J connectivity index is 0.00000180. The summed E-state index contributed by atoms with van der Waals surface area (Å²) in [5.41, 5.74) is 0. The van der Waals surface area contributed by atoms with E-state index in [9.17, 15) is 18.9 Å². The third-order valence-electron chi connectivity index (χ3n) is 2.49. The molecular formula is C10H11ClO6P2. The molecule has 6 nitrogen and oxygen atoms in total. The molecule has 0 atom stereocenters. The highest BCUT2D eigenvalue weighted by Crippen LogP contribution is 2.38. The standard InChI is InChI=1S/C10H10O6P2.ClH/c11-17(12,13)8-5-4-7-2-1-3-10(9(7)6-8)18(14,15)16;/h1-6H,(H2,11,12,13)(H2,14,15,16);1H. The van der Waals surface area contributed by atoms with Gasteiger partial charge in [0, 0.05) is 0 Å². The summed E-state index contributed by atoms with van der Waals surface area (Å²) in [7, 11) is -8.94. The molecule has 0 aliphatic heterocycles. The predicted molar refractivity (Wildman–Crippen MR) is 74.6 cm³/mol. The van der Waals surface area contributed by atoms with Crippen molar-refractivity contribution in [2.75, 3.05) is 0 Å². The van der Waals surface area contributed by atoms with Crippen LogP contribution in [0.1, 0.15) is 0 Å². The van der Waals surface area contributed by atoms with Crippen LogP contribution in [0.2, 0.25) is 0 Å². The first-order chi connectivity index (χ1) is 8.19. The molecule has 0 amide bonds. The lowest BCUT2D eigenvalue weighted by Gasteiger charge is -2.10. The minimum Gasteiger partial charge on any atom is -0.321 e. The minimum atomic E-state index is -4.49. The van der Waals surface area contributed by atoms with Crippen molar-refractivity contribution < 1.29 is 28.7 Å². The fourth-order valence-electron chi connectivity index (χ4n) is 1.68. The largest absolute Gasteiger partial charge is 0.356 e. The molecule has 2 aromatic carbocycles. The Bertz CT molecular complexity index is 704. The van der Waals surface area contributed by atoms with Crippen LogP contribution in [0.15, 0.2) is 36.4 Å². The van der Waals surface area contributed by atoms with Gasteiger partial charge in [-0.15, -0.1) is 12.4 Å². The smallest absolute Gasteiger partial charge is 0.321 e. The van der Waals surface area contributed by atoms with E-state index in [2.05, 4.69) is 0 Å². The van der Waals surface area contributed by atoms with Crippen molar-refractivity contribution in [2.24, 2.45) is 0 Å². The van der Waals surface area contributed by atoms with Gasteiger partial charge in [-0.1, -0.05) is 18.2 Å². The van der Waals surface area contributed by atoms with Gasteiger partial charge in [-0.05, 0) is 29.0 Å². The van der Waals surface area contributed by atoms with Gasteiger partial charge in [0.25, 0.3) is 0 Å². The molecule has 4 N–H and O–H groups in total. The van der Waals surface area contributed by atoms with Crippen LogP contribution in [0.25, 0.3) is 10.8 Å². The maximum Gasteiger partial charge on any atom is 0.356 e. The summed E-state index contributed by atoms with van der Waals surface area (Å²) in [5, 5.41) is 0.144. The van der Waals surface area contributed by atoms with Gasteiger partial charge in [0.05, 0.1) is 10.6 Å². The Labute approximate surface area is 114 Å². The molecule has 0 saturated carbocycles. The molecule has 0 spiro atoms. The highest BCUT2D eigenvalue weighted by atomic mass is 35.5. The van der Waals surface area contributed by atoms with E-state index in [-0.39, 0.29) is 28.4 Å². The van der Waals surface area contributed by atoms with E-state index < -0.39 is 15.2 Å². The molecule has 104 valence electrons. The van der Waals surface area contributed by atoms with Gasteiger partial charge in [-0.2, -0.15) is 0 Å². The zero-order valence-corrected chi connectivity index (χ0v) is 12.0. The summed E-state index contributed by atoms with van der Waals surface area (Å²) in [6.07, 6.45) is 0. The molecule has 0 unspecified atom stereocenters. The molecule has 0 bridgehead atoms. The summed E-state index contributed by atoms with van der Waals surface area (Å²) < 4.78 is 22.4. The van der Waals surface area contributed by atoms with Gasteiger partial charge in [-0.25, -0.2) is 0 Å². The Hall–Kier alpha value is -0.710. The SMILES string of the molecule is Cl.O=P(O)(O)c1ccc2cccc(P(=O)(O)O)c2c1. The van der Waals surface area contributed by atoms with E-state index in [1.807, 2.05) is 0 Å². The lowest BCUT2D eigenvalue weighted by Crippen LogP contribution is -2.09. The summed E-state index contributed by atoms with van der Waals surface area (Å²) in [6.45, 7) is 0. The van der Waals surface area contributed by atoms with E-state index in [0.29, 0.717) is 5.39 Å². The van der Waals surface area contributed by atoms with E-state index in [0.717, 1.165) is 6.07 Å². The number of halogens is 1. The van der Waals surface area contributed by atoms with Gasteiger partial charge in [0.2, 0.25) is 0 Å². The quantitative estimate of drug-likeness (QED) is 0.609. The van der Waals surface area contributed by atoms with Crippen molar-refractivity contribution >= 4 is 49.0 Å². The molecule has 0 heterocycles. The van der Waals surface area contributed by atoms with Crippen LogP contribution in [-0.2, 0) is 9.13 Å². The molecule has 0 radical (unpaired) electrons. The lowest BCUT2D eigenvalue weighted by molar-refractivity contribution is 0.385. The van der Waals surface area contributed by atoms with Crippen LogP contribution in [0.5, 0.6) is 0 Å². The van der Waals surface area contributed by atoms with Crippen molar-refractivity contribution in [3.63, 3.8) is 0 Å². The first kappa shape index (κ1) is 16.3. The fourth-order valence-corrected chi connectivity index (χ4v) is 3.03. The molecule has 0 aliphatic carbocycles. The van der Waals surface area contributed by atoms with Crippen LogP contribution in [0, 0.1) is 0 Å². The van der Waals surface area contributed by atoms with Gasteiger partial charge in [-0.3, -0.25) is 9.13 Å². The minimum absolute atomic E-state index is 0. The Morgan fingerprint density at radius 1 is 0.842 bits per heavy atom. The van der Waals surface area contributed by atoms with E-state index in [4.69, 9.17) is 9.79 Å². The number of fused-ring (bicyclic) bond motifs is 1. The first-order valence-electron chi connectivity index (χ1n) is 4.84. The molecule has 9 heteroatoms. The van der Waals surface area contributed by atoms with E-state index >= 15 is 0 Å². The second-order valence-corrected chi connectivity index (χ2v) is 6.94. The van der Waals surface area contributed by atoms with Gasteiger partial charge in [0.1, 0.15) is 0 Å². The van der Waals surface area contributed by atoms with Crippen molar-refractivity contribution in [3.05, 3.63) is 36.4 Å². The Morgan fingerprint density at radius 2 is 1.47 bits per heavy atom. The maximum absolute atomic E-state index is 11.3. The van der Waals surface area contributed by atoms with Crippen LogP contribution in [0.4, 0.5) is 0 Å². The molecular weight excluding hydrogens is 314 g/mol. The Kier molecular flexibility index (Phi) is 4.60. The monoisotopic (exact) mass is 324 g/mol. The van der Waals surface area contributed by atoms with Crippen LogP contribution >= 0.6 is 27.6 Å². The topological polar surface area (TPSA) is 115 Å². The van der Waals surface area contributed by atoms with Crippen LogP contribution in [0.3, 0.4) is 0 Å². The van der Waals surface area contributed by atoms with Gasteiger partial charge < -0.3 is 19.6 Å². The number of hydrogen-bond acceptors (Lipinski definition) is 2. The van der Waals surface area contributed by atoms with Gasteiger partial charge >= 0.3 is 15.2 Å². The zero-order chi connectivity index (χ0) is 13.6. The third-order valence-corrected chi connectivity index (χ3v) is 4.46. The van der Waals surface area contributed by atoms with E-state index in [1.165, 1.54) is 24.3 Å². The van der Waals surface area contributed by atoms with Crippen LogP contribution < -0.4 is 10.6 Å². The summed E-state index contributed by atoms with van der Waals surface area (Å²) in [4.78, 5) is 36.5. The number of hydrogen-bond donors (Lipinski definition) is 4. The molecule has 0 aliphatic rings. The molecule has 19 heavy (non-hydrogen) atoms. The molecule has 2 aromatic rings. The van der Waals surface area contributed by atoms with E-state index in [1.54, 1.807) is 6.07 Å².